The summed E-state index contributed by atoms with van der Waals surface area (Å²) in [6.07, 6.45) is 6.41. The Morgan fingerprint density at radius 3 is 2.56 bits per heavy atom. The molecule has 0 bridgehead atoms. The van der Waals surface area contributed by atoms with E-state index in [1.54, 1.807) is 12.1 Å². The Bertz CT molecular complexity index is 885. The highest BCUT2D eigenvalue weighted by molar-refractivity contribution is 5.79. The van der Waals surface area contributed by atoms with Gasteiger partial charge >= 0.3 is 0 Å². The Morgan fingerprint density at radius 2 is 1.85 bits per heavy atom. The number of aromatic hydroxyl groups is 1. The third-order valence-corrected chi connectivity index (χ3v) is 5.95. The van der Waals surface area contributed by atoms with Gasteiger partial charge in [-0.3, -0.25) is 9.59 Å². The summed E-state index contributed by atoms with van der Waals surface area (Å²) in [5, 5.41) is 22.6. The highest BCUT2D eigenvalue weighted by Gasteiger charge is 2.13. The first-order valence-electron chi connectivity index (χ1n) is 12.1. The molecule has 5 N–H and O–H groups in total. The third-order valence-electron chi connectivity index (χ3n) is 5.95. The number of carbonyl (C=O) groups excluding carboxylic acids is 2. The first-order valence-corrected chi connectivity index (χ1v) is 12.1. The van der Waals surface area contributed by atoms with Crippen LogP contribution in [0.15, 0.2) is 42.5 Å². The van der Waals surface area contributed by atoms with Gasteiger partial charge in [-0.2, -0.15) is 0 Å². The average molecular weight is 471 g/mol. The van der Waals surface area contributed by atoms with Crippen molar-refractivity contribution in [3.05, 3.63) is 53.6 Å². The third kappa shape index (κ3) is 9.93. The fourth-order valence-corrected chi connectivity index (χ4v) is 3.80. The van der Waals surface area contributed by atoms with Crippen molar-refractivity contribution in [3.8, 4) is 11.5 Å². The molecule has 7 nitrogen and oxygen atoms in total. The zero-order valence-electron chi connectivity index (χ0n) is 20.0. The van der Waals surface area contributed by atoms with Crippen LogP contribution in [-0.4, -0.2) is 35.6 Å². The second-order valence-corrected chi connectivity index (χ2v) is 8.85. The average Bonchev–Trinajstić information content (AvgIpc) is 2.83. The van der Waals surface area contributed by atoms with Crippen LogP contribution in [0, 0.1) is 5.92 Å². The van der Waals surface area contributed by atoms with Crippen molar-refractivity contribution in [1.29, 1.82) is 0 Å². The molecule has 34 heavy (non-hydrogen) atoms. The predicted molar refractivity (Wildman–Crippen MR) is 134 cm³/mol. The Hall–Kier alpha value is -2.90. The Balaban J connectivity index is 1.63. The molecular weight excluding hydrogens is 432 g/mol. The summed E-state index contributed by atoms with van der Waals surface area (Å²) >= 11 is 0. The Morgan fingerprint density at radius 1 is 1.09 bits per heavy atom. The zero-order chi connectivity index (χ0) is 24.8. The van der Waals surface area contributed by atoms with E-state index in [1.165, 1.54) is 11.6 Å². The first-order chi connectivity index (χ1) is 16.4. The van der Waals surface area contributed by atoms with Crippen molar-refractivity contribution in [1.82, 2.24) is 0 Å². The lowest BCUT2D eigenvalue weighted by molar-refractivity contribution is -0.121. The normalized spacial score (nSPS) is 12.7. The molecule has 0 saturated carbocycles. The number of ketones is 1. The van der Waals surface area contributed by atoms with Crippen LogP contribution < -0.4 is 15.8 Å². The second-order valence-electron chi connectivity index (χ2n) is 8.85. The van der Waals surface area contributed by atoms with Gasteiger partial charge in [-0.1, -0.05) is 31.5 Å². The lowest BCUT2D eigenvalue weighted by Crippen LogP contribution is -2.11. The molecule has 1 unspecified atom stereocenters. The van der Waals surface area contributed by atoms with E-state index in [0.717, 1.165) is 38.5 Å². The topological polar surface area (TPSA) is 122 Å². The van der Waals surface area contributed by atoms with Crippen LogP contribution in [0.4, 0.5) is 5.69 Å². The fraction of sp³-hybridized carbons (Fsp3) is 0.481. The molecule has 2 atom stereocenters. The van der Waals surface area contributed by atoms with Gasteiger partial charge in [0.05, 0.1) is 11.8 Å². The van der Waals surface area contributed by atoms with E-state index in [1.807, 2.05) is 24.3 Å². The van der Waals surface area contributed by atoms with Gasteiger partial charge in [-0.25, -0.2) is 0 Å². The minimum atomic E-state index is -0.683. The molecule has 0 aromatic heterocycles. The van der Waals surface area contributed by atoms with Crippen molar-refractivity contribution in [2.24, 2.45) is 11.7 Å². The van der Waals surface area contributed by atoms with Gasteiger partial charge in [0.2, 0.25) is 6.41 Å². The zero-order valence-corrected chi connectivity index (χ0v) is 20.0. The highest BCUT2D eigenvalue weighted by Crippen LogP contribution is 2.29. The summed E-state index contributed by atoms with van der Waals surface area (Å²) in [6.45, 7) is 2.91. The SMILES string of the molecule is CC(CCCC(=O)COc1ccc(CCCCN)cc1)CC[C@H](O)c1ccc(O)c(NC=O)c1. The van der Waals surface area contributed by atoms with E-state index in [-0.39, 0.29) is 23.8 Å². The van der Waals surface area contributed by atoms with Crippen molar-refractivity contribution in [2.75, 3.05) is 18.5 Å². The molecule has 0 aliphatic rings. The number of hydrogen-bond acceptors (Lipinski definition) is 6. The number of aliphatic hydroxyl groups excluding tert-OH is 1. The van der Waals surface area contributed by atoms with Gasteiger partial charge in [0.15, 0.2) is 5.78 Å². The number of nitrogens with two attached hydrogens (primary N) is 1. The number of hydrogen-bond donors (Lipinski definition) is 4. The summed E-state index contributed by atoms with van der Waals surface area (Å²) in [5.41, 5.74) is 7.69. The van der Waals surface area contributed by atoms with Crippen LogP contribution in [0.25, 0.3) is 0 Å². The molecule has 0 aliphatic carbocycles. The minimum Gasteiger partial charge on any atom is -0.506 e. The number of anilines is 1. The van der Waals surface area contributed by atoms with Crippen LogP contribution in [0.2, 0.25) is 0 Å². The number of aliphatic hydroxyl groups is 1. The number of phenolic OH excluding ortho intramolecular Hbond substituents is 1. The highest BCUT2D eigenvalue weighted by atomic mass is 16.5. The monoisotopic (exact) mass is 470 g/mol. The van der Waals surface area contributed by atoms with Crippen LogP contribution in [0.1, 0.15) is 69.1 Å². The van der Waals surface area contributed by atoms with Crippen LogP contribution in [0.3, 0.4) is 0 Å². The molecule has 0 saturated heterocycles. The number of amides is 1. The quantitative estimate of drug-likeness (QED) is 0.153. The van der Waals surface area contributed by atoms with E-state index >= 15 is 0 Å². The Kier molecular flexibility index (Phi) is 12.1. The van der Waals surface area contributed by atoms with Gasteiger partial charge in [-0.15, -0.1) is 0 Å². The molecule has 2 aromatic carbocycles. The lowest BCUT2D eigenvalue weighted by atomic mass is 9.94. The van der Waals surface area contributed by atoms with Gasteiger partial charge in [-0.05, 0) is 86.4 Å². The number of nitrogens with one attached hydrogen (secondary N) is 1. The number of phenols is 1. The minimum absolute atomic E-state index is 0.0413. The summed E-state index contributed by atoms with van der Waals surface area (Å²) in [7, 11) is 0. The van der Waals surface area contributed by atoms with Crippen LogP contribution >= 0.6 is 0 Å². The predicted octanol–water partition coefficient (Wildman–Crippen LogP) is 4.51. The molecule has 0 radical (unpaired) electrons. The number of unbranched alkanes of at least 4 members (excludes halogenated alkanes) is 1. The van der Waals surface area contributed by atoms with E-state index in [9.17, 15) is 19.8 Å². The van der Waals surface area contributed by atoms with E-state index in [4.69, 9.17) is 10.5 Å². The maximum atomic E-state index is 12.2. The number of Topliss-reactive ketones (excluding diaryl/α,β-unsaturated/α-hetero) is 1. The van der Waals surface area contributed by atoms with Crippen molar-refractivity contribution in [2.45, 2.75) is 64.4 Å². The van der Waals surface area contributed by atoms with Crippen LogP contribution in [0.5, 0.6) is 11.5 Å². The molecule has 2 rings (SSSR count). The Labute approximate surface area is 202 Å². The van der Waals surface area contributed by atoms with Crippen molar-refractivity contribution < 1.29 is 24.5 Å². The second kappa shape index (κ2) is 15.1. The molecule has 0 spiro atoms. The first kappa shape index (κ1) is 27.3. The number of rotatable bonds is 17. The summed E-state index contributed by atoms with van der Waals surface area (Å²) in [6, 6.07) is 12.6. The number of ether oxygens (including phenoxy) is 1. The molecule has 7 heteroatoms. The standard InChI is InChI=1S/C27H38N2O5/c1-20(8-14-26(32)22-11-15-27(33)25(17-22)29-19-30)5-4-7-23(31)18-34-24-12-9-21(10-13-24)6-2-3-16-28/h9-13,15,17,19-20,26,32-33H,2-8,14,16,18,28H2,1H3,(H,29,30)/t20?,26-/m0/s1. The summed E-state index contributed by atoms with van der Waals surface area (Å²) in [4.78, 5) is 22.8. The lowest BCUT2D eigenvalue weighted by Gasteiger charge is -2.16. The van der Waals surface area contributed by atoms with E-state index < -0.39 is 6.10 Å². The molecule has 0 heterocycles. The van der Waals surface area contributed by atoms with Gasteiger partial charge in [0, 0.05) is 6.42 Å². The summed E-state index contributed by atoms with van der Waals surface area (Å²) in [5.74, 6) is 1.11. The van der Waals surface area contributed by atoms with E-state index in [0.29, 0.717) is 43.0 Å². The van der Waals surface area contributed by atoms with Gasteiger partial charge in [0.25, 0.3) is 0 Å². The molecule has 0 aliphatic heterocycles. The molecule has 0 fully saturated rings. The van der Waals surface area contributed by atoms with Crippen molar-refractivity contribution in [3.63, 3.8) is 0 Å². The molecular formula is C27H38N2O5. The number of aryl methyl sites for hydroxylation is 1. The molecule has 1 amide bonds. The summed E-state index contributed by atoms with van der Waals surface area (Å²) < 4.78 is 5.62. The molecule has 186 valence electrons. The maximum absolute atomic E-state index is 12.2. The van der Waals surface area contributed by atoms with E-state index in [2.05, 4.69) is 12.2 Å². The number of benzene rings is 2. The largest absolute Gasteiger partial charge is 0.506 e. The van der Waals surface area contributed by atoms with Crippen molar-refractivity contribution >= 4 is 17.9 Å². The smallest absolute Gasteiger partial charge is 0.211 e. The number of carbonyl (C=O) groups is 2. The molecule has 2 aromatic rings. The van der Waals surface area contributed by atoms with Gasteiger partial charge < -0.3 is 26.0 Å². The van der Waals surface area contributed by atoms with Crippen LogP contribution in [-0.2, 0) is 16.0 Å². The van der Waals surface area contributed by atoms with Gasteiger partial charge in [0.1, 0.15) is 18.1 Å². The fourth-order valence-electron chi connectivity index (χ4n) is 3.80. The maximum Gasteiger partial charge on any atom is 0.211 e.